The maximum atomic E-state index is 11.0. The molecule has 0 saturated heterocycles. The van der Waals surface area contributed by atoms with E-state index in [9.17, 15) is 4.79 Å². The van der Waals surface area contributed by atoms with E-state index in [0.717, 1.165) is 44.4 Å². The van der Waals surface area contributed by atoms with E-state index in [1.54, 1.807) is 7.11 Å². The van der Waals surface area contributed by atoms with Crippen LogP contribution in [0.25, 0.3) is 0 Å². The Labute approximate surface area is 120 Å². The number of benzene rings is 1. The topological polar surface area (TPSA) is 58.6 Å². The molecule has 0 spiro atoms. The molecule has 1 fully saturated rings. The lowest BCUT2D eigenvalue weighted by Gasteiger charge is -2.27. The lowest BCUT2D eigenvalue weighted by atomic mass is 9.86. The second-order valence-corrected chi connectivity index (χ2v) is 5.41. The summed E-state index contributed by atoms with van der Waals surface area (Å²) in [6.07, 6.45) is 4.55. The van der Waals surface area contributed by atoms with Crippen molar-refractivity contribution < 1.29 is 14.6 Å². The van der Waals surface area contributed by atoms with Gasteiger partial charge in [0, 0.05) is 6.04 Å². The highest BCUT2D eigenvalue weighted by Gasteiger charge is 2.26. The standard InChI is InChI=1S/C16H23NO3/c1-20-15-8-3-2-5-12(15)9-10-17-14-7-4-6-13(11-14)16(18)19/h2-3,5,8,13-14,17H,4,6-7,9-11H2,1H3,(H,18,19). The summed E-state index contributed by atoms with van der Waals surface area (Å²) in [4.78, 5) is 11.0. The van der Waals surface area contributed by atoms with E-state index in [2.05, 4.69) is 11.4 Å². The second kappa shape index (κ2) is 7.29. The van der Waals surface area contributed by atoms with Gasteiger partial charge in [0.2, 0.25) is 0 Å². The molecule has 0 bridgehead atoms. The molecule has 2 rings (SSSR count). The maximum absolute atomic E-state index is 11.0. The average molecular weight is 277 g/mol. The third-order valence-corrected chi connectivity index (χ3v) is 4.04. The van der Waals surface area contributed by atoms with Gasteiger partial charge in [-0.05, 0) is 43.9 Å². The van der Waals surface area contributed by atoms with Gasteiger partial charge in [0.25, 0.3) is 0 Å². The molecule has 110 valence electrons. The fraction of sp³-hybridized carbons (Fsp3) is 0.562. The molecule has 2 unspecified atom stereocenters. The molecule has 1 aliphatic rings. The number of methoxy groups -OCH3 is 1. The highest BCUT2D eigenvalue weighted by Crippen LogP contribution is 2.24. The predicted molar refractivity (Wildman–Crippen MR) is 78.1 cm³/mol. The van der Waals surface area contributed by atoms with E-state index in [1.165, 1.54) is 5.56 Å². The van der Waals surface area contributed by atoms with Crippen molar-refractivity contribution in [3.63, 3.8) is 0 Å². The summed E-state index contributed by atoms with van der Waals surface area (Å²) >= 11 is 0. The number of hydrogen-bond acceptors (Lipinski definition) is 3. The zero-order valence-corrected chi connectivity index (χ0v) is 12.0. The van der Waals surface area contributed by atoms with E-state index in [4.69, 9.17) is 9.84 Å². The van der Waals surface area contributed by atoms with Crippen LogP contribution in [-0.2, 0) is 11.2 Å². The summed E-state index contributed by atoms with van der Waals surface area (Å²) < 4.78 is 5.33. The monoisotopic (exact) mass is 277 g/mol. The van der Waals surface area contributed by atoms with Gasteiger partial charge in [0.15, 0.2) is 0 Å². The van der Waals surface area contributed by atoms with E-state index >= 15 is 0 Å². The van der Waals surface area contributed by atoms with Gasteiger partial charge in [-0.1, -0.05) is 24.6 Å². The summed E-state index contributed by atoms with van der Waals surface area (Å²) in [7, 11) is 1.69. The summed E-state index contributed by atoms with van der Waals surface area (Å²) in [5, 5.41) is 12.6. The van der Waals surface area contributed by atoms with Gasteiger partial charge in [-0.25, -0.2) is 0 Å². The molecule has 0 heterocycles. The van der Waals surface area contributed by atoms with Crippen molar-refractivity contribution >= 4 is 5.97 Å². The minimum absolute atomic E-state index is 0.174. The fourth-order valence-corrected chi connectivity index (χ4v) is 2.92. The number of para-hydroxylation sites is 1. The molecular formula is C16H23NO3. The van der Waals surface area contributed by atoms with Gasteiger partial charge in [0.1, 0.15) is 5.75 Å². The van der Waals surface area contributed by atoms with E-state index < -0.39 is 5.97 Å². The van der Waals surface area contributed by atoms with Gasteiger partial charge in [0.05, 0.1) is 13.0 Å². The molecular weight excluding hydrogens is 254 g/mol. The largest absolute Gasteiger partial charge is 0.496 e. The smallest absolute Gasteiger partial charge is 0.306 e. The van der Waals surface area contributed by atoms with Crippen LogP contribution in [0.2, 0.25) is 0 Å². The summed E-state index contributed by atoms with van der Waals surface area (Å²) in [6.45, 7) is 0.859. The number of carbonyl (C=O) groups is 1. The Hall–Kier alpha value is -1.55. The molecule has 2 N–H and O–H groups in total. The summed E-state index contributed by atoms with van der Waals surface area (Å²) in [6, 6.07) is 8.35. The number of rotatable bonds is 6. The molecule has 1 aromatic rings. The second-order valence-electron chi connectivity index (χ2n) is 5.41. The Morgan fingerprint density at radius 2 is 2.20 bits per heavy atom. The van der Waals surface area contributed by atoms with Crippen LogP contribution in [0.4, 0.5) is 0 Å². The third-order valence-electron chi connectivity index (χ3n) is 4.04. The average Bonchev–Trinajstić information content (AvgIpc) is 2.48. The lowest BCUT2D eigenvalue weighted by Crippen LogP contribution is -2.37. The third kappa shape index (κ3) is 3.97. The van der Waals surface area contributed by atoms with Crippen LogP contribution in [0.3, 0.4) is 0 Å². The summed E-state index contributed by atoms with van der Waals surface area (Å²) in [5.74, 6) is 0.0927. The van der Waals surface area contributed by atoms with E-state index in [-0.39, 0.29) is 5.92 Å². The van der Waals surface area contributed by atoms with Crippen LogP contribution in [0, 0.1) is 5.92 Å². The first kappa shape index (κ1) is 14.9. The zero-order chi connectivity index (χ0) is 14.4. The first-order chi connectivity index (χ1) is 9.70. The fourth-order valence-electron chi connectivity index (χ4n) is 2.92. The predicted octanol–water partition coefficient (Wildman–Crippen LogP) is 2.47. The van der Waals surface area contributed by atoms with Crippen LogP contribution >= 0.6 is 0 Å². The number of ether oxygens (including phenoxy) is 1. The normalized spacial score (nSPS) is 22.4. The van der Waals surface area contributed by atoms with Crippen molar-refractivity contribution in [2.24, 2.45) is 5.92 Å². The molecule has 4 heteroatoms. The molecule has 0 aliphatic heterocycles. The molecule has 2 atom stereocenters. The van der Waals surface area contributed by atoms with Gasteiger partial charge >= 0.3 is 5.97 Å². The van der Waals surface area contributed by atoms with Crippen molar-refractivity contribution in [1.29, 1.82) is 0 Å². The van der Waals surface area contributed by atoms with Gasteiger partial charge in [-0.15, -0.1) is 0 Å². The molecule has 1 saturated carbocycles. The highest BCUT2D eigenvalue weighted by atomic mass is 16.5. The minimum Gasteiger partial charge on any atom is -0.496 e. The van der Waals surface area contributed by atoms with Crippen molar-refractivity contribution in [1.82, 2.24) is 5.32 Å². The molecule has 20 heavy (non-hydrogen) atoms. The Morgan fingerprint density at radius 3 is 2.95 bits per heavy atom. The number of nitrogens with one attached hydrogen (secondary N) is 1. The van der Waals surface area contributed by atoms with Gasteiger partial charge in [-0.3, -0.25) is 4.79 Å². The first-order valence-electron chi connectivity index (χ1n) is 7.28. The Kier molecular flexibility index (Phi) is 5.41. The van der Waals surface area contributed by atoms with Crippen LogP contribution in [-0.4, -0.2) is 30.8 Å². The van der Waals surface area contributed by atoms with Crippen LogP contribution in [0.1, 0.15) is 31.2 Å². The van der Waals surface area contributed by atoms with Crippen molar-refractivity contribution in [3.05, 3.63) is 29.8 Å². The lowest BCUT2D eigenvalue weighted by molar-refractivity contribution is -0.143. The number of aliphatic carboxylic acids is 1. The Bertz CT molecular complexity index is 447. The molecule has 1 aromatic carbocycles. The van der Waals surface area contributed by atoms with Crippen LogP contribution in [0.15, 0.2) is 24.3 Å². The van der Waals surface area contributed by atoms with Crippen LogP contribution < -0.4 is 10.1 Å². The van der Waals surface area contributed by atoms with Crippen molar-refractivity contribution in [3.8, 4) is 5.75 Å². The quantitative estimate of drug-likeness (QED) is 0.838. The molecule has 4 nitrogen and oxygen atoms in total. The number of carboxylic acids is 1. The highest BCUT2D eigenvalue weighted by molar-refractivity contribution is 5.70. The SMILES string of the molecule is COc1ccccc1CCNC1CCCC(C(=O)O)C1. The molecule has 0 aromatic heterocycles. The molecule has 0 amide bonds. The van der Waals surface area contributed by atoms with Crippen molar-refractivity contribution in [2.45, 2.75) is 38.1 Å². The Balaban J connectivity index is 1.79. The zero-order valence-electron chi connectivity index (χ0n) is 12.0. The molecule has 0 radical (unpaired) electrons. The van der Waals surface area contributed by atoms with Gasteiger partial charge in [-0.2, -0.15) is 0 Å². The van der Waals surface area contributed by atoms with Gasteiger partial charge < -0.3 is 15.2 Å². The minimum atomic E-state index is -0.652. The first-order valence-corrected chi connectivity index (χ1v) is 7.28. The number of carboxylic acid groups (broad SMARTS) is 1. The Morgan fingerprint density at radius 1 is 1.40 bits per heavy atom. The van der Waals surface area contributed by atoms with Crippen LogP contribution in [0.5, 0.6) is 5.75 Å². The number of hydrogen-bond donors (Lipinski definition) is 2. The summed E-state index contributed by atoms with van der Waals surface area (Å²) in [5.41, 5.74) is 1.19. The van der Waals surface area contributed by atoms with Crippen molar-refractivity contribution in [2.75, 3.05) is 13.7 Å². The van der Waals surface area contributed by atoms with E-state index in [0.29, 0.717) is 6.04 Å². The maximum Gasteiger partial charge on any atom is 0.306 e. The molecule has 1 aliphatic carbocycles. The van der Waals surface area contributed by atoms with E-state index in [1.807, 2.05) is 18.2 Å².